The third kappa shape index (κ3) is 2.53. The molecular formula is C11H19NO4. The summed E-state index contributed by atoms with van der Waals surface area (Å²) in [6, 6.07) is -0.260. The summed E-state index contributed by atoms with van der Waals surface area (Å²) < 4.78 is 10.4. The molecule has 16 heavy (non-hydrogen) atoms. The van der Waals surface area contributed by atoms with Gasteiger partial charge in [0.2, 0.25) is 0 Å². The van der Waals surface area contributed by atoms with Gasteiger partial charge in [-0.05, 0) is 18.8 Å². The van der Waals surface area contributed by atoms with Gasteiger partial charge in [0.1, 0.15) is 6.04 Å². The Hall–Kier alpha value is -0.650. The van der Waals surface area contributed by atoms with E-state index in [4.69, 9.17) is 14.6 Å². The Labute approximate surface area is 95.3 Å². The normalized spacial score (nSPS) is 28.9. The molecule has 0 aromatic carbocycles. The first-order valence-electron chi connectivity index (χ1n) is 5.79. The van der Waals surface area contributed by atoms with Gasteiger partial charge in [0.05, 0.1) is 19.8 Å². The lowest BCUT2D eigenvalue weighted by Crippen LogP contribution is -2.56. The second-order valence-corrected chi connectivity index (χ2v) is 4.53. The number of carboxylic acid groups (broad SMARTS) is 1. The van der Waals surface area contributed by atoms with Crippen LogP contribution in [0.4, 0.5) is 0 Å². The maximum Gasteiger partial charge on any atom is 0.323 e. The van der Waals surface area contributed by atoms with E-state index >= 15 is 0 Å². The Bertz CT molecular complexity index is 254. The summed E-state index contributed by atoms with van der Waals surface area (Å²) in [5, 5.41) is 9.17. The lowest BCUT2D eigenvalue weighted by atomic mass is 10.1. The van der Waals surface area contributed by atoms with Gasteiger partial charge < -0.3 is 14.6 Å². The van der Waals surface area contributed by atoms with Gasteiger partial charge in [-0.1, -0.05) is 0 Å². The largest absolute Gasteiger partial charge is 0.480 e. The van der Waals surface area contributed by atoms with E-state index in [-0.39, 0.29) is 6.04 Å². The Morgan fingerprint density at radius 1 is 1.62 bits per heavy atom. The van der Waals surface area contributed by atoms with Crippen LogP contribution in [-0.2, 0) is 14.3 Å². The van der Waals surface area contributed by atoms with Crippen LogP contribution in [0.1, 0.15) is 12.8 Å². The third-order valence-corrected chi connectivity index (χ3v) is 3.38. The fourth-order valence-electron chi connectivity index (χ4n) is 2.38. The van der Waals surface area contributed by atoms with Gasteiger partial charge in [-0.2, -0.15) is 0 Å². The Balaban J connectivity index is 2.04. The monoisotopic (exact) mass is 229 g/mol. The molecule has 2 aliphatic rings. The molecule has 1 heterocycles. The number of aliphatic carboxylic acids is 1. The molecule has 1 saturated carbocycles. The highest BCUT2D eigenvalue weighted by molar-refractivity contribution is 5.73. The molecule has 0 spiro atoms. The molecule has 5 nitrogen and oxygen atoms in total. The average molecular weight is 229 g/mol. The molecular weight excluding hydrogens is 210 g/mol. The molecule has 1 N–H and O–H groups in total. The minimum atomic E-state index is -0.790. The van der Waals surface area contributed by atoms with Crippen molar-refractivity contribution in [1.29, 1.82) is 0 Å². The summed E-state index contributed by atoms with van der Waals surface area (Å²) in [7, 11) is 1.67. The Kier molecular flexibility index (Phi) is 3.78. The Morgan fingerprint density at radius 2 is 2.38 bits per heavy atom. The number of nitrogens with zero attached hydrogens (tertiary/aromatic N) is 1. The van der Waals surface area contributed by atoms with Gasteiger partial charge >= 0.3 is 5.97 Å². The maximum atomic E-state index is 11.2. The lowest BCUT2D eigenvalue weighted by Gasteiger charge is -2.38. The first kappa shape index (κ1) is 11.8. The number of hydrogen-bond donors (Lipinski definition) is 1. The van der Waals surface area contributed by atoms with Crippen LogP contribution in [0.15, 0.2) is 0 Å². The van der Waals surface area contributed by atoms with Crippen molar-refractivity contribution in [2.24, 2.45) is 5.92 Å². The summed E-state index contributed by atoms with van der Waals surface area (Å²) in [5.41, 5.74) is 0. The number of carboxylic acids is 1. The maximum absolute atomic E-state index is 11.2. The summed E-state index contributed by atoms with van der Waals surface area (Å²) in [6.07, 6.45) is 2.38. The van der Waals surface area contributed by atoms with E-state index in [1.54, 1.807) is 7.11 Å². The van der Waals surface area contributed by atoms with E-state index in [1.807, 2.05) is 4.90 Å². The topological polar surface area (TPSA) is 59.0 Å². The highest BCUT2D eigenvalue weighted by Crippen LogP contribution is 2.36. The van der Waals surface area contributed by atoms with Crippen molar-refractivity contribution >= 4 is 5.97 Å². The smallest absolute Gasteiger partial charge is 0.323 e. The Morgan fingerprint density at radius 3 is 2.94 bits per heavy atom. The minimum absolute atomic E-state index is 0.245. The summed E-state index contributed by atoms with van der Waals surface area (Å²) in [6.45, 7) is 2.23. The molecule has 0 amide bonds. The van der Waals surface area contributed by atoms with Crippen LogP contribution in [0.3, 0.4) is 0 Å². The predicted molar refractivity (Wildman–Crippen MR) is 57.3 cm³/mol. The van der Waals surface area contributed by atoms with E-state index in [9.17, 15) is 4.79 Å². The lowest BCUT2D eigenvalue weighted by molar-refractivity contribution is -0.153. The molecule has 1 aliphatic heterocycles. The van der Waals surface area contributed by atoms with Crippen molar-refractivity contribution in [2.75, 3.05) is 33.5 Å². The van der Waals surface area contributed by atoms with Gasteiger partial charge in [-0.15, -0.1) is 0 Å². The molecule has 2 unspecified atom stereocenters. The zero-order chi connectivity index (χ0) is 11.5. The van der Waals surface area contributed by atoms with E-state index in [0.29, 0.717) is 32.3 Å². The van der Waals surface area contributed by atoms with E-state index in [2.05, 4.69) is 0 Å². The molecule has 0 aromatic heterocycles. The molecule has 92 valence electrons. The van der Waals surface area contributed by atoms with Gasteiger partial charge in [0, 0.05) is 19.7 Å². The second kappa shape index (κ2) is 5.12. The molecule has 1 aliphatic carbocycles. The van der Waals surface area contributed by atoms with E-state index in [0.717, 1.165) is 0 Å². The van der Waals surface area contributed by atoms with Crippen molar-refractivity contribution in [3.63, 3.8) is 0 Å². The van der Waals surface area contributed by atoms with Crippen molar-refractivity contribution < 1.29 is 19.4 Å². The van der Waals surface area contributed by atoms with Crippen LogP contribution in [0.25, 0.3) is 0 Å². The van der Waals surface area contributed by atoms with Gasteiger partial charge in [0.25, 0.3) is 0 Å². The summed E-state index contributed by atoms with van der Waals surface area (Å²) in [4.78, 5) is 13.2. The van der Waals surface area contributed by atoms with Crippen LogP contribution in [0.2, 0.25) is 0 Å². The van der Waals surface area contributed by atoms with Crippen LogP contribution >= 0.6 is 0 Å². The van der Waals surface area contributed by atoms with Crippen molar-refractivity contribution in [2.45, 2.75) is 24.9 Å². The number of methoxy groups -OCH3 is 1. The second-order valence-electron chi connectivity index (χ2n) is 4.53. The molecule has 1 saturated heterocycles. The highest BCUT2D eigenvalue weighted by Gasteiger charge is 2.41. The molecule has 2 atom stereocenters. The number of carbonyl (C=O) groups is 1. The SMILES string of the molecule is COCC(C1CC1)N1CCOCC1C(=O)O. The van der Waals surface area contributed by atoms with Gasteiger partial charge in [-0.3, -0.25) is 9.69 Å². The number of rotatable bonds is 5. The first-order chi connectivity index (χ1) is 7.74. The predicted octanol–water partition coefficient (Wildman–Crippen LogP) is 0.197. The number of hydrogen-bond acceptors (Lipinski definition) is 4. The molecule has 2 fully saturated rings. The summed E-state index contributed by atoms with van der Waals surface area (Å²) in [5.74, 6) is -0.179. The molecule has 0 aromatic rings. The van der Waals surface area contributed by atoms with Gasteiger partial charge in [-0.25, -0.2) is 0 Å². The highest BCUT2D eigenvalue weighted by atomic mass is 16.5. The zero-order valence-corrected chi connectivity index (χ0v) is 9.59. The van der Waals surface area contributed by atoms with Crippen molar-refractivity contribution in [3.05, 3.63) is 0 Å². The first-order valence-corrected chi connectivity index (χ1v) is 5.79. The third-order valence-electron chi connectivity index (χ3n) is 3.38. The minimum Gasteiger partial charge on any atom is -0.480 e. The van der Waals surface area contributed by atoms with Crippen LogP contribution in [-0.4, -0.2) is 61.5 Å². The van der Waals surface area contributed by atoms with Crippen LogP contribution in [0.5, 0.6) is 0 Å². The molecule has 0 bridgehead atoms. The molecule has 5 heteroatoms. The fourth-order valence-corrected chi connectivity index (χ4v) is 2.38. The quantitative estimate of drug-likeness (QED) is 0.729. The number of ether oxygens (including phenoxy) is 2. The fraction of sp³-hybridized carbons (Fsp3) is 0.909. The van der Waals surface area contributed by atoms with Gasteiger partial charge in [0.15, 0.2) is 0 Å². The molecule has 2 rings (SSSR count). The van der Waals surface area contributed by atoms with E-state index < -0.39 is 12.0 Å². The van der Waals surface area contributed by atoms with E-state index in [1.165, 1.54) is 12.8 Å². The standard InChI is InChI=1S/C11H19NO4/c1-15-6-9(8-2-3-8)12-4-5-16-7-10(12)11(13)14/h8-10H,2-7H2,1H3,(H,13,14). The van der Waals surface area contributed by atoms with Crippen molar-refractivity contribution in [1.82, 2.24) is 4.90 Å². The average Bonchev–Trinajstić information content (AvgIpc) is 3.10. The van der Waals surface area contributed by atoms with Crippen molar-refractivity contribution in [3.8, 4) is 0 Å². The number of morpholine rings is 1. The summed E-state index contributed by atoms with van der Waals surface area (Å²) >= 11 is 0. The zero-order valence-electron chi connectivity index (χ0n) is 9.59. The van der Waals surface area contributed by atoms with Crippen LogP contribution < -0.4 is 0 Å². The molecule has 0 radical (unpaired) electrons. The van der Waals surface area contributed by atoms with Crippen LogP contribution in [0, 0.1) is 5.92 Å².